The van der Waals surface area contributed by atoms with Crippen molar-refractivity contribution in [1.82, 2.24) is 14.9 Å². The van der Waals surface area contributed by atoms with Gasteiger partial charge in [-0.25, -0.2) is 9.78 Å². The molecule has 0 radical (unpaired) electrons. The molecule has 0 bridgehead atoms. The van der Waals surface area contributed by atoms with Crippen LogP contribution in [0.1, 0.15) is 18.4 Å². The van der Waals surface area contributed by atoms with Crippen molar-refractivity contribution in [3.8, 4) is 0 Å². The number of nitrogens with one attached hydrogen (secondary N) is 1. The van der Waals surface area contributed by atoms with Crippen molar-refractivity contribution in [2.24, 2.45) is 0 Å². The molecule has 1 fully saturated rings. The van der Waals surface area contributed by atoms with Crippen LogP contribution in [0, 0.1) is 0 Å². The van der Waals surface area contributed by atoms with E-state index in [1.165, 1.54) is 4.90 Å². The van der Waals surface area contributed by atoms with Gasteiger partial charge in [0.1, 0.15) is 17.9 Å². The number of carboxylic acid groups (broad SMARTS) is 1. The number of carbonyl (C=O) groups excluding carboxylic acids is 1. The van der Waals surface area contributed by atoms with Crippen LogP contribution in [-0.4, -0.2) is 68.2 Å². The highest BCUT2D eigenvalue weighted by atomic mass is 16.4. The normalized spacial score (nSPS) is 16.5. The van der Waals surface area contributed by atoms with Gasteiger partial charge in [0.25, 0.3) is 0 Å². The van der Waals surface area contributed by atoms with Gasteiger partial charge in [0.05, 0.1) is 6.20 Å². The van der Waals surface area contributed by atoms with Crippen LogP contribution < -0.4 is 5.32 Å². The van der Waals surface area contributed by atoms with E-state index in [1.807, 2.05) is 30.3 Å². The molecule has 0 saturated carbocycles. The lowest BCUT2D eigenvalue weighted by atomic mass is 10.0. The lowest BCUT2D eigenvalue weighted by molar-refractivity contribution is -0.148. The fraction of sp³-hybridized carbons (Fsp3) is 0.333. The van der Waals surface area contributed by atoms with E-state index in [2.05, 4.69) is 15.3 Å². The number of carboxylic acids is 1. The Morgan fingerprint density at radius 1 is 1.25 bits per heavy atom. The van der Waals surface area contributed by atoms with Crippen LogP contribution in [0.15, 0.2) is 48.9 Å². The van der Waals surface area contributed by atoms with Crippen molar-refractivity contribution in [1.29, 1.82) is 0 Å². The molecule has 1 aromatic heterocycles. The minimum Gasteiger partial charge on any atom is -0.480 e. The molecule has 1 saturated heterocycles. The van der Waals surface area contributed by atoms with Crippen molar-refractivity contribution >= 4 is 25.4 Å². The number of hydrogen-bond donors (Lipinski definition) is 4. The molecule has 4 N–H and O–H groups in total. The average molecular weight is 386 g/mol. The zero-order chi connectivity index (χ0) is 20.4. The van der Waals surface area contributed by atoms with E-state index in [0.717, 1.165) is 5.56 Å². The molecule has 1 aromatic carbocycles. The van der Waals surface area contributed by atoms with Crippen LogP contribution in [0.4, 0.5) is 5.82 Å². The first-order valence-corrected chi connectivity index (χ1v) is 8.88. The van der Waals surface area contributed by atoms with Gasteiger partial charge in [-0.2, -0.15) is 0 Å². The molecular formula is C18H23BN4O5. The minimum atomic E-state index is -0.955. The number of nitrogens with zero attached hydrogens (tertiary/aromatic N) is 3. The highest BCUT2D eigenvalue weighted by molar-refractivity contribution is 6.13. The summed E-state index contributed by atoms with van der Waals surface area (Å²) in [6, 6.07) is 8.27. The number of aromatic nitrogens is 2. The SMILES string of the molecule is O=C(O)[C@@H]1CCCN1C(=O)C(Cc1ccccc1)Nc1cnccn1.OBO. The Balaban J connectivity index is 0.000000878. The second-order valence-corrected chi connectivity index (χ2v) is 6.15. The standard InChI is InChI=1S/C18H20N4O3.BH3O2/c23-17(22-10-4-7-15(22)18(24)25)14(11-13-5-2-1-3-6-13)21-16-12-19-8-9-20-16;2-1-3/h1-3,5-6,8-9,12,14-15H,4,7,10-11H2,(H,20,21)(H,24,25);1-3H/t14?,15-;/m0./s1. The predicted octanol–water partition coefficient (Wildman–Crippen LogP) is -0.187. The monoisotopic (exact) mass is 386 g/mol. The number of hydrogen-bond acceptors (Lipinski definition) is 7. The highest BCUT2D eigenvalue weighted by Gasteiger charge is 2.37. The maximum absolute atomic E-state index is 13.0. The summed E-state index contributed by atoms with van der Waals surface area (Å²) in [5.41, 5.74) is 0.989. The van der Waals surface area contributed by atoms with Gasteiger partial charge in [-0.1, -0.05) is 30.3 Å². The summed E-state index contributed by atoms with van der Waals surface area (Å²) in [6.07, 6.45) is 6.28. The fourth-order valence-electron chi connectivity index (χ4n) is 3.09. The van der Waals surface area contributed by atoms with Crippen LogP contribution >= 0.6 is 0 Å². The molecule has 0 aliphatic carbocycles. The summed E-state index contributed by atoms with van der Waals surface area (Å²) in [4.78, 5) is 34.1. The Morgan fingerprint density at radius 2 is 1.96 bits per heavy atom. The number of benzene rings is 1. The van der Waals surface area contributed by atoms with Crippen LogP contribution in [0.2, 0.25) is 0 Å². The molecule has 3 rings (SSSR count). The van der Waals surface area contributed by atoms with Gasteiger partial charge < -0.3 is 25.4 Å². The summed E-state index contributed by atoms with van der Waals surface area (Å²) < 4.78 is 0. The van der Waals surface area contributed by atoms with Crippen LogP contribution in [-0.2, 0) is 16.0 Å². The Kier molecular flexibility index (Phi) is 8.38. The van der Waals surface area contributed by atoms with Crippen molar-refractivity contribution in [3.05, 3.63) is 54.5 Å². The van der Waals surface area contributed by atoms with Crippen molar-refractivity contribution in [2.45, 2.75) is 31.3 Å². The molecule has 2 aromatic rings. The number of likely N-dealkylation sites (tertiary alicyclic amines) is 1. The highest BCUT2D eigenvalue weighted by Crippen LogP contribution is 2.20. The van der Waals surface area contributed by atoms with Crippen LogP contribution in [0.5, 0.6) is 0 Å². The van der Waals surface area contributed by atoms with Gasteiger partial charge in [0, 0.05) is 25.4 Å². The van der Waals surface area contributed by atoms with Gasteiger partial charge in [0.2, 0.25) is 5.91 Å². The first kappa shape index (κ1) is 21.3. The molecule has 10 heteroatoms. The topological polar surface area (TPSA) is 136 Å². The molecule has 1 unspecified atom stereocenters. The number of rotatable bonds is 6. The van der Waals surface area contributed by atoms with Gasteiger partial charge in [-0.15, -0.1) is 0 Å². The first-order chi connectivity index (χ1) is 13.6. The van der Waals surface area contributed by atoms with Gasteiger partial charge in [0.15, 0.2) is 0 Å². The summed E-state index contributed by atoms with van der Waals surface area (Å²) in [7, 11) is -0.750. The maximum Gasteiger partial charge on any atom is 0.432 e. The van der Waals surface area contributed by atoms with Crippen molar-refractivity contribution in [3.63, 3.8) is 0 Å². The zero-order valence-electron chi connectivity index (χ0n) is 15.3. The van der Waals surface area contributed by atoms with E-state index in [9.17, 15) is 14.7 Å². The van der Waals surface area contributed by atoms with E-state index in [4.69, 9.17) is 10.0 Å². The third kappa shape index (κ3) is 6.03. The van der Waals surface area contributed by atoms with E-state index in [0.29, 0.717) is 31.6 Å². The average Bonchev–Trinajstić information content (AvgIpc) is 3.19. The summed E-state index contributed by atoms with van der Waals surface area (Å²) in [5, 5.41) is 26.7. The number of anilines is 1. The summed E-state index contributed by atoms with van der Waals surface area (Å²) in [5.74, 6) is -0.689. The molecule has 1 amide bonds. The van der Waals surface area contributed by atoms with Crippen molar-refractivity contribution in [2.75, 3.05) is 11.9 Å². The van der Waals surface area contributed by atoms with E-state index < -0.39 is 25.7 Å². The third-order valence-corrected chi connectivity index (χ3v) is 4.29. The molecule has 0 spiro atoms. The van der Waals surface area contributed by atoms with Crippen LogP contribution in [0.3, 0.4) is 0 Å². The Hall–Kier alpha value is -2.98. The number of amides is 1. The van der Waals surface area contributed by atoms with Crippen molar-refractivity contribution < 1.29 is 24.7 Å². The third-order valence-electron chi connectivity index (χ3n) is 4.29. The quantitative estimate of drug-likeness (QED) is 0.502. The maximum atomic E-state index is 13.0. The van der Waals surface area contributed by atoms with Gasteiger partial charge in [-0.05, 0) is 18.4 Å². The molecule has 1 aliphatic heterocycles. The molecule has 2 atom stereocenters. The Morgan fingerprint density at radius 3 is 2.57 bits per heavy atom. The molecule has 148 valence electrons. The van der Waals surface area contributed by atoms with E-state index in [1.54, 1.807) is 18.6 Å². The fourth-order valence-corrected chi connectivity index (χ4v) is 3.09. The molecule has 28 heavy (non-hydrogen) atoms. The summed E-state index contributed by atoms with van der Waals surface area (Å²) in [6.45, 7) is 0.462. The lowest BCUT2D eigenvalue weighted by Crippen LogP contribution is -2.48. The van der Waals surface area contributed by atoms with Gasteiger partial charge in [-0.3, -0.25) is 9.78 Å². The smallest absolute Gasteiger partial charge is 0.432 e. The Labute approximate surface area is 163 Å². The van der Waals surface area contributed by atoms with E-state index >= 15 is 0 Å². The minimum absolute atomic E-state index is 0.223. The van der Waals surface area contributed by atoms with E-state index in [-0.39, 0.29) is 5.91 Å². The molecule has 1 aliphatic rings. The molecule has 9 nitrogen and oxygen atoms in total. The number of aliphatic carboxylic acids is 1. The molecular weight excluding hydrogens is 363 g/mol. The lowest BCUT2D eigenvalue weighted by Gasteiger charge is -2.27. The van der Waals surface area contributed by atoms with Gasteiger partial charge >= 0.3 is 13.7 Å². The second kappa shape index (κ2) is 11.0. The Bertz CT molecular complexity index is 709. The number of carbonyl (C=O) groups is 2. The van der Waals surface area contributed by atoms with Crippen LogP contribution in [0.25, 0.3) is 0 Å². The predicted molar refractivity (Wildman–Crippen MR) is 104 cm³/mol. The summed E-state index contributed by atoms with van der Waals surface area (Å²) >= 11 is 0. The zero-order valence-corrected chi connectivity index (χ0v) is 15.3. The second-order valence-electron chi connectivity index (χ2n) is 6.15. The first-order valence-electron chi connectivity index (χ1n) is 8.88. The molecule has 2 heterocycles. The largest absolute Gasteiger partial charge is 0.480 e.